The van der Waals surface area contributed by atoms with Crippen LogP contribution in [-0.2, 0) is 0 Å². The lowest BCUT2D eigenvalue weighted by Crippen LogP contribution is -2.15. The molecule has 4 nitrogen and oxygen atoms in total. The maximum atomic E-state index is 4.70. The molecule has 0 saturated carbocycles. The molecule has 22 heavy (non-hydrogen) atoms. The van der Waals surface area contributed by atoms with Gasteiger partial charge >= 0.3 is 0 Å². The highest BCUT2D eigenvalue weighted by molar-refractivity contribution is 5.90. The molecule has 1 unspecified atom stereocenters. The second-order valence-electron chi connectivity index (χ2n) is 5.11. The number of rotatable bonds is 4. The first kappa shape index (κ1) is 16.2. The van der Waals surface area contributed by atoms with Gasteiger partial charge in [-0.15, -0.1) is 12.4 Å². The minimum Gasteiger partial charge on any atom is -0.367 e. The van der Waals surface area contributed by atoms with Gasteiger partial charge in [0.15, 0.2) is 5.82 Å². The van der Waals surface area contributed by atoms with Crippen molar-refractivity contribution in [1.82, 2.24) is 15.0 Å². The van der Waals surface area contributed by atoms with Crippen LogP contribution in [0.4, 0.5) is 5.82 Å². The highest BCUT2D eigenvalue weighted by Gasteiger charge is 2.10. The van der Waals surface area contributed by atoms with E-state index < -0.39 is 0 Å². The molecule has 114 valence electrons. The van der Waals surface area contributed by atoms with Crippen molar-refractivity contribution in [3.8, 4) is 11.4 Å². The van der Waals surface area contributed by atoms with Crippen LogP contribution in [-0.4, -0.2) is 21.0 Å². The monoisotopic (exact) mass is 314 g/mol. The van der Waals surface area contributed by atoms with E-state index in [9.17, 15) is 0 Å². The summed E-state index contributed by atoms with van der Waals surface area (Å²) < 4.78 is 0. The van der Waals surface area contributed by atoms with Crippen molar-refractivity contribution in [2.45, 2.75) is 26.3 Å². The number of para-hydroxylation sites is 1. The van der Waals surface area contributed by atoms with Crippen molar-refractivity contribution in [2.75, 3.05) is 5.32 Å². The molecule has 0 aliphatic rings. The van der Waals surface area contributed by atoms with Crippen molar-refractivity contribution in [1.29, 1.82) is 0 Å². The molecule has 0 aliphatic carbocycles. The Labute approximate surface area is 136 Å². The number of pyridine rings is 1. The molecule has 0 fully saturated rings. The van der Waals surface area contributed by atoms with E-state index in [1.807, 2.05) is 36.4 Å². The SMILES string of the molecule is CCC(C)Nc1nc(-c2cccnc2)nc2ccccc12.Cl. The van der Waals surface area contributed by atoms with E-state index in [4.69, 9.17) is 4.98 Å². The van der Waals surface area contributed by atoms with Crippen LogP contribution < -0.4 is 5.32 Å². The maximum Gasteiger partial charge on any atom is 0.163 e. The molecule has 0 radical (unpaired) electrons. The molecule has 1 atom stereocenters. The van der Waals surface area contributed by atoms with Crippen molar-refractivity contribution in [2.24, 2.45) is 0 Å². The summed E-state index contributed by atoms with van der Waals surface area (Å²) >= 11 is 0. The Kier molecular flexibility index (Phi) is 5.28. The first-order valence-electron chi connectivity index (χ1n) is 7.21. The van der Waals surface area contributed by atoms with Crippen LogP contribution in [0.25, 0.3) is 22.3 Å². The lowest BCUT2D eigenvalue weighted by Gasteiger charge is -2.15. The second kappa shape index (κ2) is 7.18. The van der Waals surface area contributed by atoms with E-state index in [0.717, 1.165) is 28.7 Å². The van der Waals surface area contributed by atoms with E-state index in [1.165, 1.54) is 0 Å². The van der Waals surface area contributed by atoms with Gasteiger partial charge in [0.1, 0.15) is 5.82 Å². The molecule has 3 aromatic rings. The number of nitrogens with one attached hydrogen (secondary N) is 1. The summed E-state index contributed by atoms with van der Waals surface area (Å²) in [6, 6.07) is 12.3. The fourth-order valence-electron chi connectivity index (χ4n) is 2.15. The maximum absolute atomic E-state index is 4.70. The molecule has 0 bridgehead atoms. The average molecular weight is 315 g/mol. The summed E-state index contributed by atoms with van der Waals surface area (Å²) in [6.45, 7) is 4.31. The summed E-state index contributed by atoms with van der Waals surface area (Å²) in [6.07, 6.45) is 4.58. The third-order valence-electron chi connectivity index (χ3n) is 3.52. The summed E-state index contributed by atoms with van der Waals surface area (Å²) in [5, 5.41) is 4.52. The zero-order valence-corrected chi connectivity index (χ0v) is 13.5. The average Bonchev–Trinajstić information content (AvgIpc) is 2.55. The van der Waals surface area contributed by atoms with E-state index >= 15 is 0 Å². The fourth-order valence-corrected chi connectivity index (χ4v) is 2.15. The normalized spacial score (nSPS) is 11.7. The molecular formula is C17H19ClN4. The van der Waals surface area contributed by atoms with Crippen molar-refractivity contribution >= 4 is 29.1 Å². The van der Waals surface area contributed by atoms with Crippen LogP contribution in [0.3, 0.4) is 0 Å². The van der Waals surface area contributed by atoms with Crippen molar-refractivity contribution in [3.05, 3.63) is 48.8 Å². The molecule has 0 saturated heterocycles. The number of anilines is 1. The summed E-state index contributed by atoms with van der Waals surface area (Å²) in [4.78, 5) is 13.5. The number of aromatic nitrogens is 3. The van der Waals surface area contributed by atoms with Gasteiger partial charge in [-0.2, -0.15) is 0 Å². The number of hydrogen-bond donors (Lipinski definition) is 1. The van der Waals surface area contributed by atoms with Crippen LogP contribution in [0, 0.1) is 0 Å². The van der Waals surface area contributed by atoms with E-state index in [-0.39, 0.29) is 12.4 Å². The topological polar surface area (TPSA) is 50.7 Å². The zero-order valence-electron chi connectivity index (χ0n) is 12.7. The standard InChI is InChI=1S/C17H18N4.ClH/c1-3-12(2)19-17-14-8-4-5-9-15(14)20-16(21-17)13-7-6-10-18-11-13;/h4-12H,3H2,1-2H3,(H,19,20,21);1H. The Hall–Kier alpha value is -2.20. The van der Waals surface area contributed by atoms with Gasteiger partial charge in [0, 0.05) is 29.4 Å². The second-order valence-corrected chi connectivity index (χ2v) is 5.11. The summed E-state index contributed by atoms with van der Waals surface area (Å²) in [7, 11) is 0. The molecule has 0 spiro atoms. The number of nitrogens with zero attached hydrogens (tertiary/aromatic N) is 3. The van der Waals surface area contributed by atoms with Crippen LogP contribution >= 0.6 is 12.4 Å². The van der Waals surface area contributed by atoms with E-state index in [2.05, 4.69) is 29.1 Å². The molecule has 0 aliphatic heterocycles. The predicted molar refractivity (Wildman–Crippen MR) is 93.4 cm³/mol. The van der Waals surface area contributed by atoms with Gasteiger partial charge < -0.3 is 5.32 Å². The van der Waals surface area contributed by atoms with Crippen LogP contribution in [0.2, 0.25) is 0 Å². The lowest BCUT2D eigenvalue weighted by atomic mass is 10.2. The Morgan fingerprint density at radius 1 is 1.09 bits per heavy atom. The Balaban J connectivity index is 0.00000176. The molecule has 0 amide bonds. The summed E-state index contributed by atoms with van der Waals surface area (Å²) in [5.74, 6) is 1.58. The molecular weight excluding hydrogens is 296 g/mol. The largest absolute Gasteiger partial charge is 0.367 e. The van der Waals surface area contributed by atoms with E-state index in [0.29, 0.717) is 11.9 Å². The van der Waals surface area contributed by atoms with E-state index in [1.54, 1.807) is 12.4 Å². The zero-order chi connectivity index (χ0) is 14.7. The first-order chi connectivity index (χ1) is 10.3. The molecule has 2 heterocycles. The van der Waals surface area contributed by atoms with Crippen molar-refractivity contribution < 1.29 is 0 Å². The Morgan fingerprint density at radius 2 is 1.91 bits per heavy atom. The lowest BCUT2D eigenvalue weighted by molar-refractivity contribution is 0.760. The van der Waals surface area contributed by atoms with Gasteiger partial charge in [-0.1, -0.05) is 19.1 Å². The fraction of sp³-hybridized carbons (Fsp3) is 0.235. The van der Waals surface area contributed by atoms with Gasteiger partial charge in [-0.25, -0.2) is 9.97 Å². The van der Waals surface area contributed by atoms with Gasteiger partial charge in [-0.3, -0.25) is 4.98 Å². The molecule has 3 rings (SSSR count). The Morgan fingerprint density at radius 3 is 2.64 bits per heavy atom. The molecule has 1 aromatic carbocycles. The number of fused-ring (bicyclic) bond motifs is 1. The highest BCUT2D eigenvalue weighted by Crippen LogP contribution is 2.25. The molecule has 1 N–H and O–H groups in total. The predicted octanol–water partition coefficient (Wildman–Crippen LogP) is 4.32. The van der Waals surface area contributed by atoms with Crippen LogP contribution in [0.5, 0.6) is 0 Å². The molecule has 2 aromatic heterocycles. The first-order valence-corrected chi connectivity index (χ1v) is 7.21. The minimum absolute atomic E-state index is 0. The third kappa shape index (κ3) is 3.34. The van der Waals surface area contributed by atoms with Crippen LogP contribution in [0.1, 0.15) is 20.3 Å². The third-order valence-corrected chi connectivity index (χ3v) is 3.52. The van der Waals surface area contributed by atoms with Gasteiger partial charge in [0.2, 0.25) is 0 Å². The smallest absolute Gasteiger partial charge is 0.163 e. The van der Waals surface area contributed by atoms with Crippen LogP contribution in [0.15, 0.2) is 48.8 Å². The van der Waals surface area contributed by atoms with Gasteiger partial charge in [-0.05, 0) is 37.6 Å². The molecule has 5 heteroatoms. The summed E-state index contributed by atoms with van der Waals surface area (Å²) in [5.41, 5.74) is 1.87. The van der Waals surface area contributed by atoms with Crippen molar-refractivity contribution in [3.63, 3.8) is 0 Å². The Bertz CT molecular complexity index is 746. The number of benzene rings is 1. The quantitative estimate of drug-likeness (QED) is 0.779. The number of hydrogen-bond acceptors (Lipinski definition) is 4. The minimum atomic E-state index is 0. The number of halogens is 1. The van der Waals surface area contributed by atoms with Gasteiger partial charge in [0.05, 0.1) is 5.52 Å². The van der Waals surface area contributed by atoms with Gasteiger partial charge in [0.25, 0.3) is 0 Å². The highest BCUT2D eigenvalue weighted by atomic mass is 35.5.